The molecule has 0 saturated carbocycles. The average Bonchev–Trinajstić information content (AvgIpc) is 2.61. The van der Waals surface area contributed by atoms with Crippen molar-refractivity contribution in [2.75, 3.05) is 19.7 Å². The largest absolute Gasteiger partial charge is 0.465 e. The first-order valence-electron chi connectivity index (χ1n) is 4.76. The minimum absolute atomic E-state index is 0.0154. The molecule has 0 aromatic heterocycles. The van der Waals surface area contributed by atoms with Gasteiger partial charge in [0.1, 0.15) is 6.61 Å². The number of hydrogen-bond donors (Lipinski definition) is 3. The Morgan fingerprint density at radius 1 is 1.65 bits per heavy atom. The smallest absolute Gasteiger partial charge is 0.424 e. The minimum Gasteiger partial charge on any atom is -0.465 e. The molecule has 10 heteroatoms. The van der Waals surface area contributed by atoms with Gasteiger partial charge in [0.25, 0.3) is 0 Å². The molecule has 0 bridgehead atoms. The average molecular weight is 267 g/mol. The molecule has 98 valence electrons. The number of amides is 2. The third-order valence-electron chi connectivity index (χ3n) is 1.92. The van der Waals surface area contributed by atoms with Gasteiger partial charge in [-0.2, -0.15) is 17.4 Å². The summed E-state index contributed by atoms with van der Waals surface area (Å²) in [6.45, 7) is 1.33. The maximum absolute atomic E-state index is 11.6. The van der Waals surface area contributed by atoms with Crippen molar-refractivity contribution in [3.05, 3.63) is 0 Å². The molecule has 1 aliphatic heterocycles. The molecule has 1 fully saturated rings. The van der Waals surface area contributed by atoms with E-state index in [1.165, 1.54) is 6.92 Å². The Bertz CT molecular complexity index is 408. The molecule has 0 unspecified atom stereocenters. The quantitative estimate of drug-likeness (QED) is 0.582. The van der Waals surface area contributed by atoms with Crippen molar-refractivity contribution in [3.63, 3.8) is 0 Å². The topological polar surface area (TPSA) is 125 Å². The lowest BCUT2D eigenvalue weighted by Gasteiger charge is -2.18. The van der Waals surface area contributed by atoms with Gasteiger partial charge >= 0.3 is 22.4 Å². The molecule has 3 N–H and O–H groups in total. The van der Waals surface area contributed by atoms with Crippen LogP contribution in [0.15, 0.2) is 0 Å². The molecule has 1 saturated heterocycles. The van der Waals surface area contributed by atoms with Gasteiger partial charge in [0, 0.05) is 12.6 Å². The minimum atomic E-state index is -3.98. The van der Waals surface area contributed by atoms with E-state index in [0.717, 1.165) is 0 Å². The lowest BCUT2D eigenvalue weighted by molar-refractivity contribution is 0.169. The zero-order valence-electron chi connectivity index (χ0n) is 9.04. The predicted molar refractivity (Wildman–Crippen MR) is 55.6 cm³/mol. The molecule has 0 spiro atoms. The zero-order valence-corrected chi connectivity index (χ0v) is 9.86. The summed E-state index contributed by atoms with van der Waals surface area (Å²) in [6.07, 6.45) is -2.19. The van der Waals surface area contributed by atoms with Crippen LogP contribution in [0.2, 0.25) is 0 Å². The summed E-state index contributed by atoms with van der Waals surface area (Å²) >= 11 is 0. The molecule has 1 rings (SSSR count). The fourth-order valence-corrected chi connectivity index (χ4v) is 2.48. The van der Waals surface area contributed by atoms with Crippen LogP contribution in [-0.4, -0.2) is 55.8 Å². The second-order valence-corrected chi connectivity index (χ2v) is 5.02. The number of carbonyl (C=O) groups is 2. The van der Waals surface area contributed by atoms with Crippen molar-refractivity contribution in [1.82, 2.24) is 14.3 Å². The molecule has 0 aromatic rings. The van der Waals surface area contributed by atoms with Crippen LogP contribution in [0.4, 0.5) is 9.59 Å². The highest BCUT2D eigenvalue weighted by molar-refractivity contribution is 7.87. The van der Waals surface area contributed by atoms with E-state index in [1.54, 1.807) is 0 Å². The number of rotatable bonds is 5. The van der Waals surface area contributed by atoms with Gasteiger partial charge in [-0.05, 0) is 6.92 Å². The Kier molecular flexibility index (Phi) is 4.12. The Hall–Kier alpha value is -1.55. The highest BCUT2D eigenvalue weighted by Gasteiger charge is 2.34. The van der Waals surface area contributed by atoms with Crippen molar-refractivity contribution in [3.8, 4) is 0 Å². The van der Waals surface area contributed by atoms with Gasteiger partial charge in [-0.1, -0.05) is 0 Å². The molecule has 0 radical (unpaired) electrons. The van der Waals surface area contributed by atoms with Gasteiger partial charge in [-0.3, -0.25) is 0 Å². The van der Waals surface area contributed by atoms with Crippen LogP contribution >= 0.6 is 0 Å². The lowest BCUT2D eigenvalue weighted by atomic mass is 10.4. The molecule has 9 nitrogen and oxygen atoms in total. The number of carboxylic acid groups (broad SMARTS) is 1. The number of ether oxygens (including phenoxy) is 1. The van der Waals surface area contributed by atoms with Crippen LogP contribution < -0.4 is 10.0 Å². The monoisotopic (exact) mass is 267 g/mol. The van der Waals surface area contributed by atoms with Crippen molar-refractivity contribution in [1.29, 1.82) is 0 Å². The molecule has 1 aliphatic rings. The molecule has 17 heavy (non-hydrogen) atoms. The van der Waals surface area contributed by atoms with E-state index in [1.807, 2.05) is 5.32 Å². The SMILES string of the molecule is C[C@H](CNC(=O)O)NS(=O)(=O)N1CCOC1=O. The number of nitrogens with zero attached hydrogens (tertiary/aromatic N) is 1. The fraction of sp³-hybridized carbons (Fsp3) is 0.714. The fourth-order valence-electron chi connectivity index (χ4n) is 1.20. The summed E-state index contributed by atoms with van der Waals surface area (Å²) < 4.78 is 30.5. The predicted octanol–water partition coefficient (Wildman–Crippen LogP) is -1.07. The zero-order chi connectivity index (χ0) is 13.1. The molecular weight excluding hydrogens is 254 g/mol. The molecular formula is C7H13N3O6S. The Morgan fingerprint density at radius 3 is 2.76 bits per heavy atom. The summed E-state index contributed by atoms with van der Waals surface area (Å²) in [5.41, 5.74) is 0. The van der Waals surface area contributed by atoms with Crippen LogP contribution in [0.3, 0.4) is 0 Å². The molecule has 0 aromatic carbocycles. The Balaban J connectivity index is 2.54. The second-order valence-electron chi connectivity index (χ2n) is 3.40. The van der Waals surface area contributed by atoms with E-state index in [0.29, 0.717) is 4.31 Å². The van der Waals surface area contributed by atoms with E-state index in [9.17, 15) is 18.0 Å². The molecule has 2 amide bonds. The number of hydrogen-bond acceptors (Lipinski definition) is 5. The summed E-state index contributed by atoms with van der Waals surface area (Å²) in [7, 11) is -3.98. The van der Waals surface area contributed by atoms with Crippen LogP contribution in [0.25, 0.3) is 0 Å². The van der Waals surface area contributed by atoms with Crippen molar-refractivity contribution in [2.24, 2.45) is 0 Å². The standard InChI is InChI=1S/C7H13N3O6S/c1-5(4-8-6(11)12)9-17(14,15)10-2-3-16-7(10)13/h5,8-9H,2-4H2,1H3,(H,11,12)/t5-/m1/s1. The summed E-state index contributed by atoms with van der Waals surface area (Å²) in [4.78, 5) is 21.2. The first-order chi connectivity index (χ1) is 7.83. The van der Waals surface area contributed by atoms with Crippen molar-refractivity contribution in [2.45, 2.75) is 13.0 Å². The first-order valence-corrected chi connectivity index (χ1v) is 6.20. The molecule has 1 heterocycles. The summed E-state index contributed by atoms with van der Waals surface area (Å²) in [5.74, 6) is 0. The van der Waals surface area contributed by atoms with Crippen molar-refractivity contribution < 1.29 is 27.9 Å². The normalized spacial score (nSPS) is 17.7. The highest BCUT2D eigenvalue weighted by atomic mass is 32.2. The van der Waals surface area contributed by atoms with E-state index >= 15 is 0 Å². The number of carbonyl (C=O) groups excluding carboxylic acids is 1. The van der Waals surface area contributed by atoms with Gasteiger partial charge in [-0.15, -0.1) is 0 Å². The maximum Gasteiger partial charge on any atom is 0.424 e. The van der Waals surface area contributed by atoms with Crippen LogP contribution in [0.1, 0.15) is 6.92 Å². The van der Waals surface area contributed by atoms with E-state index in [4.69, 9.17) is 5.11 Å². The number of cyclic esters (lactones) is 1. The van der Waals surface area contributed by atoms with Crippen LogP contribution in [-0.2, 0) is 14.9 Å². The van der Waals surface area contributed by atoms with Gasteiger partial charge < -0.3 is 15.2 Å². The Morgan fingerprint density at radius 2 is 2.29 bits per heavy atom. The summed E-state index contributed by atoms with van der Waals surface area (Å²) in [6, 6.07) is -0.676. The molecule has 1 atom stereocenters. The Labute approximate surface area is 97.9 Å². The number of nitrogens with one attached hydrogen (secondary N) is 2. The molecule has 0 aliphatic carbocycles. The highest BCUT2D eigenvalue weighted by Crippen LogP contribution is 2.08. The third kappa shape index (κ3) is 3.75. The van der Waals surface area contributed by atoms with Gasteiger partial charge in [-0.25, -0.2) is 9.59 Å². The van der Waals surface area contributed by atoms with E-state index in [-0.39, 0.29) is 19.7 Å². The third-order valence-corrected chi connectivity index (χ3v) is 3.54. The van der Waals surface area contributed by atoms with Crippen LogP contribution in [0.5, 0.6) is 0 Å². The summed E-state index contributed by atoms with van der Waals surface area (Å²) in [5, 5.41) is 10.4. The van der Waals surface area contributed by atoms with E-state index < -0.39 is 28.4 Å². The van der Waals surface area contributed by atoms with E-state index in [2.05, 4.69) is 9.46 Å². The first kappa shape index (κ1) is 13.5. The van der Waals surface area contributed by atoms with Crippen LogP contribution in [0, 0.1) is 0 Å². The second kappa shape index (κ2) is 5.19. The van der Waals surface area contributed by atoms with Gasteiger partial charge in [0.05, 0.1) is 6.54 Å². The van der Waals surface area contributed by atoms with Gasteiger partial charge in [0.15, 0.2) is 0 Å². The van der Waals surface area contributed by atoms with Gasteiger partial charge in [0.2, 0.25) is 0 Å². The lowest BCUT2D eigenvalue weighted by Crippen LogP contribution is -2.48. The maximum atomic E-state index is 11.6. The van der Waals surface area contributed by atoms with Crippen molar-refractivity contribution >= 4 is 22.4 Å².